The Kier molecular flexibility index (Phi) is 9.95. The molecule has 0 radical (unpaired) electrons. The molecule has 1 saturated carbocycles. The third-order valence-corrected chi connectivity index (χ3v) is 6.27. The van der Waals surface area contributed by atoms with E-state index < -0.39 is 0 Å². The van der Waals surface area contributed by atoms with Crippen LogP contribution in [0.1, 0.15) is 106 Å². The van der Waals surface area contributed by atoms with Crippen LogP contribution in [0.5, 0.6) is 11.5 Å². The standard InChI is InChI=1S/C28H38O3/c1-2-3-4-5-6-7-11-22-30-26-18-16-25(17-19-26)28(29)31-27-20-14-24(15-21-27)23-12-9-8-10-13-23/h14-21,23H,2-13,22H2,1H3. The number of esters is 1. The van der Waals surface area contributed by atoms with Gasteiger partial charge in [-0.15, -0.1) is 0 Å². The zero-order valence-electron chi connectivity index (χ0n) is 19.1. The number of ether oxygens (including phenoxy) is 2. The van der Waals surface area contributed by atoms with Crippen molar-refractivity contribution in [2.45, 2.75) is 89.9 Å². The van der Waals surface area contributed by atoms with E-state index in [0.29, 0.717) is 17.2 Å². The topological polar surface area (TPSA) is 35.5 Å². The van der Waals surface area contributed by atoms with Crippen LogP contribution >= 0.6 is 0 Å². The summed E-state index contributed by atoms with van der Waals surface area (Å²) in [6.45, 7) is 2.97. The predicted octanol–water partition coefficient (Wildman–Crippen LogP) is 8.08. The van der Waals surface area contributed by atoms with Crippen LogP contribution < -0.4 is 9.47 Å². The molecule has 2 aromatic carbocycles. The average Bonchev–Trinajstić information content (AvgIpc) is 2.82. The quantitative estimate of drug-likeness (QED) is 0.197. The lowest BCUT2D eigenvalue weighted by Gasteiger charge is -2.22. The second-order valence-electron chi connectivity index (χ2n) is 8.79. The number of benzene rings is 2. The van der Waals surface area contributed by atoms with Crippen LogP contribution in [0.2, 0.25) is 0 Å². The molecule has 2 aromatic rings. The lowest BCUT2D eigenvalue weighted by Crippen LogP contribution is -2.09. The first-order valence-electron chi connectivity index (χ1n) is 12.3. The summed E-state index contributed by atoms with van der Waals surface area (Å²) in [5.41, 5.74) is 1.90. The van der Waals surface area contributed by atoms with Crippen molar-refractivity contribution in [1.82, 2.24) is 0 Å². The Labute approximate surface area is 188 Å². The van der Waals surface area contributed by atoms with Crippen molar-refractivity contribution in [1.29, 1.82) is 0 Å². The molecule has 0 spiro atoms. The minimum Gasteiger partial charge on any atom is -0.494 e. The van der Waals surface area contributed by atoms with Gasteiger partial charge in [-0.25, -0.2) is 4.79 Å². The van der Waals surface area contributed by atoms with Gasteiger partial charge in [0.15, 0.2) is 0 Å². The van der Waals surface area contributed by atoms with E-state index in [9.17, 15) is 4.79 Å². The summed E-state index contributed by atoms with van der Waals surface area (Å²) >= 11 is 0. The van der Waals surface area contributed by atoms with Crippen LogP contribution in [0.15, 0.2) is 48.5 Å². The van der Waals surface area contributed by atoms with Gasteiger partial charge in [0.05, 0.1) is 12.2 Å². The first-order chi connectivity index (χ1) is 15.3. The normalized spacial score (nSPS) is 14.4. The van der Waals surface area contributed by atoms with E-state index in [1.807, 2.05) is 24.3 Å². The van der Waals surface area contributed by atoms with E-state index in [1.165, 1.54) is 76.2 Å². The Morgan fingerprint density at radius 3 is 2.06 bits per heavy atom. The van der Waals surface area contributed by atoms with Crippen molar-refractivity contribution in [2.75, 3.05) is 6.61 Å². The summed E-state index contributed by atoms with van der Waals surface area (Å²) in [5, 5.41) is 0. The fraction of sp³-hybridized carbons (Fsp3) is 0.536. The second-order valence-corrected chi connectivity index (χ2v) is 8.79. The minimum absolute atomic E-state index is 0.330. The molecule has 1 aliphatic carbocycles. The van der Waals surface area contributed by atoms with Crippen LogP contribution in [0.4, 0.5) is 0 Å². The Hall–Kier alpha value is -2.29. The fourth-order valence-electron chi connectivity index (χ4n) is 4.35. The monoisotopic (exact) mass is 422 g/mol. The van der Waals surface area contributed by atoms with Crippen molar-refractivity contribution in [2.24, 2.45) is 0 Å². The van der Waals surface area contributed by atoms with Gasteiger partial charge in [-0.05, 0) is 67.1 Å². The maximum absolute atomic E-state index is 12.5. The van der Waals surface area contributed by atoms with Gasteiger partial charge in [0.1, 0.15) is 11.5 Å². The molecule has 0 N–H and O–H groups in total. The zero-order chi connectivity index (χ0) is 21.7. The third kappa shape index (κ3) is 8.05. The predicted molar refractivity (Wildman–Crippen MR) is 127 cm³/mol. The molecule has 0 bridgehead atoms. The van der Waals surface area contributed by atoms with Gasteiger partial charge >= 0.3 is 5.97 Å². The van der Waals surface area contributed by atoms with E-state index in [-0.39, 0.29) is 5.97 Å². The van der Waals surface area contributed by atoms with Crippen molar-refractivity contribution < 1.29 is 14.3 Å². The number of hydrogen-bond acceptors (Lipinski definition) is 3. The van der Waals surface area contributed by atoms with Crippen molar-refractivity contribution >= 4 is 5.97 Å². The molecule has 168 valence electrons. The highest BCUT2D eigenvalue weighted by Gasteiger charge is 2.16. The maximum atomic E-state index is 12.5. The van der Waals surface area contributed by atoms with Gasteiger partial charge in [0.2, 0.25) is 0 Å². The van der Waals surface area contributed by atoms with Crippen LogP contribution in [0.3, 0.4) is 0 Å². The van der Waals surface area contributed by atoms with Crippen LogP contribution in [-0.4, -0.2) is 12.6 Å². The molecule has 3 rings (SSSR count). The largest absolute Gasteiger partial charge is 0.494 e. The van der Waals surface area contributed by atoms with Gasteiger partial charge in [-0.2, -0.15) is 0 Å². The molecule has 1 aliphatic rings. The lowest BCUT2D eigenvalue weighted by molar-refractivity contribution is 0.0734. The van der Waals surface area contributed by atoms with Crippen molar-refractivity contribution in [3.8, 4) is 11.5 Å². The molecule has 0 aliphatic heterocycles. The summed E-state index contributed by atoms with van der Waals surface area (Å²) in [4.78, 5) is 12.5. The number of carbonyl (C=O) groups is 1. The highest BCUT2D eigenvalue weighted by atomic mass is 16.5. The summed E-state index contributed by atoms with van der Waals surface area (Å²) in [5.74, 6) is 1.74. The molecular weight excluding hydrogens is 384 g/mol. The highest BCUT2D eigenvalue weighted by molar-refractivity contribution is 5.91. The summed E-state index contributed by atoms with van der Waals surface area (Å²) < 4.78 is 11.4. The van der Waals surface area contributed by atoms with E-state index in [1.54, 1.807) is 12.1 Å². The van der Waals surface area contributed by atoms with Crippen molar-refractivity contribution in [3.05, 3.63) is 59.7 Å². The van der Waals surface area contributed by atoms with Gasteiger partial charge in [-0.1, -0.05) is 76.8 Å². The molecule has 0 amide bonds. The first-order valence-corrected chi connectivity index (χ1v) is 12.3. The molecular formula is C28H38O3. The molecule has 3 nitrogen and oxygen atoms in total. The van der Waals surface area contributed by atoms with E-state index >= 15 is 0 Å². The zero-order valence-corrected chi connectivity index (χ0v) is 19.1. The molecule has 0 saturated heterocycles. The van der Waals surface area contributed by atoms with Crippen LogP contribution in [0, 0.1) is 0 Å². The Morgan fingerprint density at radius 1 is 0.774 bits per heavy atom. The molecule has 0 unspecified atom stereocenters. The Morgan fingerprint density at radius 2 is 1.39 bits per heavy atom. The second kappa shape index (κ2) is 13.2. The Balaban J connectivity index is 1.38. The summed E-state index contributed by atoms with van der Waals surface area (Å²) in [6.07, 6.45) is 15.4. The molecule has 3 heteroatoms. The SMILES string of the molecule is CCCCCCCCCOc1ccc(C(=O)Oc2ccc(C3CCCCC3)cc2)cc1. The summed E-state index contributed by atoms with van der Waals surface area (Å²) in [7, 11) is 0. The molecule has 0 aromatic heterocycles. The van der Waals surface area contributed by atoms with Gasteiger partial charge in [0.25, 0.3) is 0 Å². The molecule has 1 fully saturated rings. The number of unbranched alkanes of at least 4 members (excludes halogenated alkanes) is 6. The van der Waals surface area contributed by atoms with Crippen molar-refractivity contribution in [3.63, 3.8) is 0 Å². The first kappa shape index (κ1) is 23.4. The number of carbonyl (C=O) groups excluding carboxylic acids is 1. The van der Waals surface area contributed by atoms with E-state index in [4.69, 9.17) is 9.47 Å². The maximum Gasteiger partial charge on any atom is 0.343 e. The number of hydrogen-bond donors (Lipinski definition) is 0. The fourth-order valence-corrected chi connectivity index (χ4v) is 4.35. The highest BCUT2D eigenvalue weighted by Crippen LogP contribution is 2.33. The Bertz CT molecular complexity index is 758. The number of rotatable bonds is 12. The van der Waals surface area contributed by atoms with Crippen LogP contribution in [-0.2, 0) is 0 Å². The van der Waals surface area contributed by atoms with Gasteiger partial charge in [-0.3, -0.25) is 0 Å². The third-order valence-electron chi connectivity index (χ3n) is 6.27. The van der Waals surface area contributed by atoms with E-state index in [2.05, 4.69) is 19.1 Å². The molecule has 31 heavy (non-hydrogen) atoms. The average molecular weight is 423 g/mol. The van der Waals surface area contributed by atoms with Gasteiger partial charge < -0.3 is 9.47 Å². The smallest absolute Gasteiger partial charge is 0.343 e. The summed E-state index contributed by atoms with van der Waals surface area (Å²) in [6, 6.07) is 15.3. The molecule has 0 heterocycles. The van der Waals surface area contributed by atoms with Crippen LogP contribution in [0.25, 0.3) is 0 Å². The lowest BCUT2D eigenvalue weighted by atomic mass is 9.84. The molecule has 0 atom stereocenters. The van der Waals surface area contributed by atoms with E-state index in [0.717, 1.165) is 18.8 Å². The minimum atomic E-state index is -0.330. The van der Waals surface area contributed by atoms with Gasteiger partial charge in [0, 0.05) is 0 Å².